The quantitative estimate of drug-likeness (QED) is 0.481. The van der Waals surface area contributed by atoms with Crippen LogP contribution in [-0.2, 0) is 6.54 Å². The van der Waals surface area contributed by atoms with E-state index < -0.39 is 12.0 Å². The van der Waals surface area contributed by atoms with Crippen LogP contribution in [0.15, 0.2) is 78.9 Å². The van der Waals surface area contributed by atoms with Gasteiger partial charge in [0.25, 0.3) is 5.91 Å². The zero-order chi connectivity index (χ0) is 21.3. The lowest BCUT2D eigenvalue weighted by atomic mass is 10.1. The second-order valence-electron chi connectivity index (χ2n) is 7.04. The Morgan fingerprint density at radius 1 is 1.00 bits per heavy atom. The summed E-state index contributed by atoms with van der Waals surface area (Å²) in [5, 5.41) is 20.3. The van der Waals surface area contributed by atoms with Gasteiger partial charge in [-0.25, -0.2) is 0 Å². The maximum Gasteiger partial charge on any atom is 0.252 e. The third-order valence-electron chi connectivity index (χ3n) is 4.77. The Morgan fingerprint density at radius 2 is 1.67 bits per heavy atom. The van der Waals surface area contributed by atoms with Crippen LogP contribution >= 0.6 is 0 Å². The standard InChI is InChI=1S/C24H26N2O4/c25-24(29)21-15-20(11-12-22(21)27)30-14-13-26(16-18-7-3-1-4-8-18)17-23(28)19-9-5-2-6-10-19/h1-12,15,23,27-28H,13-14,16-17H2,(H2,25,29)/t23-/m1/s1. The fourth-order valence-electron chi connectivity index (χ4n) is 3.20. The minimum atomic E-state index is -0.713. The first kappa shape index (κ1) is 21.4. The second kappa shape index (κ2) is 10.4. The van der Waals surface area contributed by atoms with Crippen molar-refractivity contribution in [2.45, 2.75) is 12.6 Å². The number of phenols is 1. The number of aliphatic hydroxyl groups excluding tert-OH is 1. The van der Waals surface area contributed by atoms with E-state index in [4.69, 9.17) is 10.5 Å². The Balaban J connectivity index is 1.64. The van der Waals surface area contributed by atoms with Crippen LogP contribution in [0.2, 0.25) is 0 Å². The molecule has 156 valence electrons. The van der Waals surface area contributed by atoms with E-state index in [2.05, 4.69) is 4.90 Å². The summed E-state index contributed by atoms with van der Waals surface area (Å²) in [7, 11) is 0. The molecule has 0 aliphatic rings. The average Bonchev–Trinajstić information content (AvgIpc) is 2.76. The molecule has 0 heterocycles. The van der Waals surface area contributed by atoms with E-state index in [0.717, 1.165) is 11.1 Å². The molecule has 30 heavy (non-hydrogen) atoms. The smallest absolute Gasteiger partial charge is 0.252 e. The summed E-state index contributed by atoms with van der Waals surface area (Å²) < 4.78 is 5.77. The highest BCUT2D eigenvalue weighted by molar-refractivity contribution is 5.95. The van der Waals surface area contributed by atoms with E-state index in [1.54, 1.807) is 6.07 Å². The number of hydrogen-bond donors (Lipinski definition) is 3. The first-order valence-corrected chi connectivity index (χ1v) is 9.78. The summed E-state index contributed by atoms with van der Waals surface area (Å²) in [4.78, 5) is 13.5. The van der Waals surface area contributed by atoms with Crippen molar-refractivity contribution in [3.63, 3.8) is 0 Å². The van der Waals surface area contributed by atoms with Crippen molar-refractivity contribution in [2.24, 2.45) is 5.73 Å². The average molecular weight is 406 g/mol. The highest BCUT2D eigenvalue weighted by atomic mass is 16.5. The topological polar surface area (TPSA) is 96.0 Å². The summed E-state index contributed by atoms with van der Waals surface area (Å²) in [5.74, 6) is -0.439. The molecule has 6 nitrogen and oxygen atoms in total. The molecular formula is C24H26N2O4. The van der Waals surface area contributed by atoms with Crippen LogP contribution in [0.1, 0.15) is 27.6 Å². The largest absolute Gasteiger partial charge is 0.507 e. The Hall–Kier alpha value is -3.35. The first-order valence-electron chi connectivity index (χ1n) is 9.78. The minimum absolute atomic E-state index is 0.0214. The zero-order valence-electron chi connectivity index (χ0n) is 16.6. The number of carbonyl (C=O) groups is 1. The molecule has 3 aromatic rings. The summed E-state index contributed by atoms with van der Waals surface area (Å²) >= 11 is 0. The van der Waals surface area contributed by atoms with Crippen LogP contribution in [0.25, 0.3) is 0 Å². The number of amides is 1. The number of nitrogens with zero attached hydrogens (tertiary/aromatic N) is 1. The molecule has 0 fully saturated rings. The monoisotopic (exact) mass is 406 g/mol. The van der Waals surface area contributed by atoms with E-state index >= 15 is 0 Å². The number of benzene rings is 3. The minimum Gasteiger partial charge on any atom is -0.507 e. The van der Waals surface area contributed by atoms with Crippen LogP contribution in [0, 0.1) is 0 Å². The van der Waals surface area contributed by atoms with Gasteiger partial charge in [0.05, 0.1) is 11.7 Å². The van der Waals surface area contributed by atoms with Gasteiger partial charge >= 0.3 is 0 Å². The van der Waals surface area contributed by atoms with Crippen molar-refractivity contribution in [2.75, 3.05) is 19.7 Å². The van der Waals surface area contributed by atoms with E-state index in [0.29, 0.717) is 32.0 Å². The molecule has 0 aliphatic heterocycles. The molecule has 1 atom stereocenters. The number of primary amides is 1. The molecule has 0 spiro atoms. The van der Waals surface area contributed by atoms with Crippen molar-refractivity contribution in [3.05, 3.63) is 95.6 Å². The van der Waals surface area contributed by atoms with Gasteiger partial charge < -0.3 is 20.7 Å². The van der Waals surface area contributed by atoms with Gasteiger partial charge in [-0.3, -0.25) is 9.69 Å². The third-order valence-corrected chi connectivity index (χ3v) is 4.77. The molecule has 0 saturated carbocycles. The molecule has 0 unspecified atom stereocenters. The van der Waals surface area contributed by atoms with Gasteiger partial charge in [0.2, 0.25) is 0 Å². The van der Waals surface area contributed by atoms with Crippen LogP contribution in [-0.4, -0.2) is 40.7 Å². The van der Waals surface area contributed by atoms with Crippen molar-refractivity contribution >= 4 is 5.91 Å². The van der Waals surface area contributed by atoms with Gasteiger partial charge in [0.15, 0.2) is 0 Å². The molecule has 0 aliphatic carbocycles. The molecule has 0 bridgehead atoms. The fourth-order valence-corrected chi connectivity index (χ4v) is 3.20. The lowest BCUT2D eigenvalue weighted by Crippen LogP contribution is -2.32. The van der Waals surface area contributed by atoms with E-state index in [-0.39, 0.29) is 11.3 Å². The molecular weight excluding hydrogens is 380 g/mol. The predicted octanol–water partition coefficient (Wildman–Crippen LogP) is 3.11. The van der Waals surface area contributed by atoms with Crippen LogP contribution in [0.4, 0.5) is 0 Å². The summed E-state index contributed by atoms with van der Waals surface area (Å²) in [6.45, 7) is 2.02. The van der Waals surface area contributed by atoms with Gasteiger partial charge in [0, 0.05) is 19.6 Å². The number of nitrogens with two attached hydrogens (primary N) is 1. The van der Waals surface area contributed by atoms with Gasteiger partial charge in [-0.15, -0.1) is 0 Å². The van der Waals surface area contributed by atoms with Gasteiger partial charge in [0.1, 0.15) is 18.1 Å². The Labute approximate surface area is 176 Å². The normalized spacial score (nSPS) is 11.9. The van der Waals surface area contributed by atoms with Crippen molar-refractivity contribution in [3.8, 4) is 11.5 Å². The maximum atomic E-state index is 11.4. The summed E-state index contributed by atoms with van der Waals surface area (Å²) in [6.07, 6.45) is -0.620. The highest BCUT2D eigenvalue weighted by Gasteiger charge is 2.15. The van der Waals surface area contributed by atoms with Crippen molar-refractivity contribution in [1.82, 2.24) is 4.90 Å². The molecule has 4 N–H and O–H groups in total. The number of carbonyl (C=O) groups excluding carboxylic acids is 1. The van der Waals surface area contributed by atoms with Crippen molar-refractivity contribution in [1.29, 1.82) is 0 Å². The number of ether oxygens (including phenoxy) is 1. The van der Waals surface area contributed by atoms with E-state index in [1.807, 2.05) is 60.7 Å². The molecule has 0 aromatic heterocycles. The fraction of sp³-hybridized carbons (Fsp3) is 0.208. The van der Waals surface area contributed by atoms with Gasteiger partial charge in [-0.1, -0.05) is 60.7 Å². The van der Waals surface area contributed by atoms with E-state index in [9.17, 15) is 15.0 Å². The van der Waals surface area contributed by atoms with Gasteiger partial charge in [-0.2, -0.15) is 0 Å². The van der Waals surface area contributed by atoms with Crippen LogP contribution in [0.3, 0.4) is 0 Å². The molecule has 6 heteroatoms. The third kappa shape index (κ3) is 6.07. The first-order chi connectivity index (χ1) is 14.5. The van der Waals surface area contributed by atoms with Gasteiger partial charge in [-0.05, 0) is 29.3 Å². The zero-order valence-corrected chi connectivity index (χ0v) is 16.6. The van der Waals surface area contributed by atoms with Crippen LogP contribution in [0.5, 0.6) is 11.5 Å². The Kier molecular flexibility index (Phi) is 7.43. The second-order valence-corrected chi connectivity index (χ2v) is 7.04. The van der Waals surface area contributed by atoms with Crippen LogP contribution < -0.4 is 10.5 Å². The Morgan fingerprint density at radius 3 is 2.33 bits per heavy atom. The predicted molar refractivity (Wildman–Crippen MR) is 115 cm³/mol. The summed E-state index contributed by atoms with van der Waals surface area (Å²) in [6, 6.07) is 24.0. The number of rotatable bonds is 10. The molecule has 3 rings (SSSR count). The lowest BCUT2D eigenvalue weighted by molar-refractivity contribution is 0.0977. The van der Waals surface area contributed by atoms with Crippen molar-refractivity contribution < 1.29 is 19.7 Å². The Bertz CT molecular complexity index is 948. The number of aromatic hydroxyl groups is 1. The molecule has 1 amide bonds. The maximum absolute atomic E-state index is 11.4. The molecule has 0 radical (unpaired) electrons. The summed E-state index contributed by atoms with van der Waals surface area (Å²) in [5.41, 5.74) is 7.29. The molecule has 0 saturated heterocycles. The number of aliphatic hydroxyl groups is 1. The SMILES string of the molecule is NC(=O)c1cc(OCCN(Cc2ccccc2)C[C@@H](O)c2ccccc2)ccc1O. The number of hydrogen-bond acceptors (Lipinski definition) is 5. The lowest BCUT2D eigenvalue weighted by Gasteiger charge is -2.25. The molecule has 3 aromatic carbocycles. The highest BCUT2D eigenvalue weighted by Crippen LogP contribution is 2.23. The van der Waals surface area contributed by atoms with E-state index in [1.165, 1.54) is 12.1 Å².